The molecule has 0 aliphatic carbocycles. The highest BCUT2D eigenvalue weighted by Gasteiger charge is 2.22. The fourth-order valence-corrected chi connectivity index (χ4v) is 4.14. The van der Waals surface area contributed by atoms with Crippen molar-refractivity contribution in [3.8, 4) is 11.3 Å². The molecule has 0 radical (unpaired) electrons. The van der Waals surface area contributed by atoms with E-state index >= 15 is 0 Å². The number of carbonyl (C=O) groups is 1. The second kappa shape index (κ2) is 7.19. The maximum absolute atomic E-state index is 12.9. The molecule has 148 valence electrons. The van der Waals surface area contributed by atoms with Crippen molar-refractivity contribution in [3.63, 3.8) is 0 Å². The lowest BCUT2D eigenvalue weighted by Crippen LogP contribution is -2.23. The third-order valence-corrected chi connectivity index (χ3v) is 5.54. The predicted molar refractivity (Wildman–Crippen MR) is 114 cm³/mol. The van der Waals surface area contributed by atoms with Crippen molar-refractivity contribution < 1.29 is 9.63 Å². The van der Waals surface area contributed by atoms with Crippen molar-refractivity contribution in [1.29, 1.82) is 0 Å². The van der Waals surface area contributed by atoms with Crippen molar-refractivity contribution >= 4 is 50.3 Å². The molecule has 0 aliphatic rings. The maximum atomic E-state index is 12.9. The summed E-state index contributed by atoms with van der Waals surface area (Å²) in [6.07, 6.45) is 5.27. The smallest absolute Gasteiger partial charge is 0.310 e. The summed E-state index contributed by atoms with van der Waals surface area (Å²) < 4.78 is 2.36. The Bertz CT molecular complexity index is 1440. The lowest BCUT2D eigenvalue weighted by molar-refractivity contribution is 0.0403. The molecule has 5 rings (SSSR count). The number of fused-ring (bicyclic) bond motifs is 2. The van der Waals surface area contributed by atoms with Gasteiger partial charge < -0.3 is 9.24 Å². The highest BCUT2D eigenvalue weighted by atomic mass is 79.9. The van der Waals surface area contributed by atoms with Crippen LogP contribution in [0.4, 0.5) is 0 Å². The Morgan fingerprint density at radius 1 is 1.17 bits per heavy atom. The molecule has 1 aromatic carbocycles. The van der Waals surface area contributed by atoms with E-state index in [1.54, 1.807) is 24.4 Å². The van der Waals surface area contributed by atoms with Gasteiger partial charge in [0.1, 0.15) is 5.52 Å². The zero-order valence-corrected chi connectivity index (χ0v) is 17.8. The first-order valence-electron chi connectivity index (χ1n) is 8.84. The summed E-state index contributed by atoms with van der Waals surface area (Å²) in [4.78, 5) is 28.2. The van der Waals surface area contributed by atoms with Gasteiger partial charge in [0.05, 0.1) is 15.7 Å². The molecular weight excluding hydrogens is 472 g/mol. The van der Waals surface area contributed by atoms with Gasteiger partial charge in [0.15, 0.2) is 5.65 Å². The van der Waals surface area contributed by atoms with Gasteiger partial charge in [0, 0.05) is 29.2 Å². The number of carbonyl (C=O) groups excluding carboxylic acids is 1. The molecule has 0 N–H and O–H groups in total. The Morgan fingerprint density at radius 2 is 2.03 bits per heavy atom. The molecule has 30 heavy (non-hydrogen) atoms. The molecule has 5 aromatic rings. The molecule has 0 aliphatic heterocycles. The van der Waals surface area contributed by atoms with Crippen LogP contribution in [0, 0.1) is 6.92 Å². The summed E-state index contributed by atoms with van der Waals surface area (Å²) >= 11 is 9.62. The van der Waals surface area contributed by atoms with E-state index in [1.165, 1.54) is 0 Å². The molecular formula is C20H12BrClN6O2. The third kappa shape index (κ3) is 3.12. The van der Waals surface area contributed by atoms with Crippen LogP contribution >= 0.6 is 27.5 Å². The Morgan fingerprint density at radius 3 is 2.87 bits per heavy atom. The molecule has 0 spiro atoms. The van der Waals surface area contributed by atoms with Gasteiger partial charge in [-0.3, -0.25) is 0 Å². The summed E-state index contributed by atoms with van der Waals surface area (Å²) in [5.41, 5.74) is 4.09. The van der Waals surface area contributed by atoms with E-state index < -0.39 is 5.97 Å². The number of rotatable bonds is 3. The minimum Gasteiger partial charge on any atom is -0.310 e. The molecule has 0 saturated heterocycles. The SMILES string of the molecule is Cc1cn2cc(-c3cccc(Cl)c3)nc2c(Br)c1C(=O)On1nnc2cccnc21. The fourth-order valence-electron chi connectivity index (χ4n) is 3.18. The topological polar surface area (TPSA) is 87.2 Å². The summed E-state index contributed by atoms with van der Waals surface area (Å²) in [7, 11) is 0. The van der Waals surface area contributed by atoms with Gasteiger partial charge in [-0.05, 0) is 62.7 Å². The van der Waals surface area contributed by atoms with Crippen molar-refractivity contribution in [3.05, 3.63) is 75.6 Å². The van der Waals surface area contributed by atoms with E-state index in [-0.39, 0.29) is 0 Å². The number of aromatic nitrogens is 6. The first-order chi connectivity index (χ1) is 14.5. The lowest BCUT2D eigenvalue weighted by atomic mass is 10.1. The first kappa shape index (κ1) is 18.7. The minimum absolute atomic E-state index is 0.338. The van der Waals surface area contributed by atoms with Crippen LogP contribution in [0.15, 0.2) is 59.5 Å². The predicted octanol–water partition coefficient (Wildman–Crippen LogP) is 4.13. The summed E-state index contributed by atoms with van der Waals surface area (Å²) in [5.74, 6) is -0.605. The molecule has 0 unspecified atom stereocenters. The molecule has 0 amide bonds. The zero-order chi connectivity index (χ0) is 20.8. The minimum atomic E-state index is -0.605. The molecule has 0 saturated carbocycles. The number of halogens is 2. The van der Waals surface area contributed by atoms with E-state index in [0.717, 1.165) is 16.1 Å². The summed E-state index contributed by atoms with van der Waals surface area (Å²) in [6.45, 7) is 1.82. The Labute approximate surface area is 183 Å². The zero-order valence-electron chi connectivity index (χ0n) is 15.5. The third-order valence-electron chi connectivity index (χ3n) is 4.55. The van der Waals surface area contributed by atoms with Gasteiger partial charge in [-0.25, -0.2) is 14.8 Å². The molecule has 4 heterocycles. The summed E-state index contributed by atoms with van der Waals surface area (Å²) in [5, 5.41) is 8.41. The number of aryl methyl sites for hydroxylation is 1. The van der Waals surface area contributed by atoms with Crippen LogP contribution in [-0.4, -0.2) is 35.5 Å². The lowest BCUT2D eigenvalue weighted by Gasteiger charge is -2.09. The van der Waals surface area contributed by atoms with Gasteiger partial charge in [-0.15, -0.1) is 5.10 Å². The first-order valence-corrected chi connectivity index (χ1v) is 10.0. The van der Waals surface area contributed by atoms with Crippen molar-refractivity contribution in [1.82, 2.24) is 29.5 Å². The molecule has 8 nitrogen and oxygen atoms in total. The van der Waals surface area contributed by atoms with Crippen molar-refractivity contribution in [2.45, 2.75) is 6.92 Å². The second-order valence-electron chi connectivity index (χ2n) is 6.56. The van der Waals surface area contributed by atoms with Crippen molar-refractivity contribution in [2.75, 3.05) is 0 Å². The Balaban J connectivity index is 1.56. The molecule has 0 fully saturated rings. The van der Waals surface area contributed by atoms with Crippen molar-refractivity contribution in [2.24, 2.45) is 0 Å². The molecule has 0 bridgehead atoms. The van der Waals surface area contributed by atoms with E-state index in [2.05, 4.69) is 36.2 Å². The highest BCUT2D eigenvalue weighted by Crippen LogP contribution is 2.29. The number of imidazole rings is 1. The monoisotopic (exact) mass is 482 g/mol. The van der Waals surface area contributed by atoms with Crippen LogP contribution in [0.2, 0.25) is 5.02 Å². The number of pyridine rings is 2. The average molecular weight is 484 g/mol. The summed E-state index contributed by atoms with van der Waals surface area (Å²) in [6, 6.07) is 10.9. The number of nitrogens with zero attached hydrogens (tertiary/aromatic N) is 6. The number of hydrogen-bond donors (Lipinski definition) is 0. The molecule has 0 atom stereocenters. The standard InChI is InChI=1S/C20H12BrClN6O2/c1-11-9-27-10-15(12-4-2-5-13(22)8-12)24-19(27)17(21)16(11)20(29)30-28-18-14(25-26-28)6-3-7-23-18/h2-10H,1H3. The quantitative estimate of drug-likeness (QED) is 0.359. The second-order valence-corrected chi connectivity index (χ2v) is 7.79. The van der Waals surface area contributed by atoms with Gasteiger partial charge >= 0.3 is 5.97 Å². The molecule has 4 aromatic heterocycles. The van der Waals surface area contributed by atoms with Gasteiger partial charge in [0.2, 0.25) is 5.65 Å². The van der Waals surface area contributed by atoms with Crippen LogP contribution in [0.1, 0.15) is 15.9 Å². The van der Waals surface area contributed by atoms with Gasteiger partial charge in [0.25, 0.3) is 0 Å². The normalized spacial score (nSPS) is 11.3. The van der Waals surface area contributed by atoms with E-state index in [1.807, 2.05) is 41.9 Å². The van der Waals surface area contributed by atoms with Crippen LogP contribution in [0.5, 0.6) is 0 Å². The molecule has 10 heteroatoms. The Hall–Kier alpha value is -3.30. The van der Waals surface area contributed by atoms with Crippen LogP contribution in [0.3, 0.4) is 0 Å². The highest BCUT2D eigenvalue weighted by molar-refractivity contribution is 9.10. The van der Waals surface area contributed by atoms with Crippen LogP contribution in [-0.2, 0) is 0 Å². The van der Waals surface area contributed by atoms with E-state index in [4.69, 9.17) is 16.4 Å². The Kier molecular flexibility index (Phi) is 4.48. The number of benzene rings is 1. The van der Waals surface area contributed by atoms with Crippen LogP contribution < -0.4 is 4.84 Å². The van der Waals surface area contributed by atoms with Gasteiger partial charge in [-0.2, -0.15) is 0 Å². The average Bonchev–Trinajstić information content (AvgIpc) is 3.33. The fraction of sp³-hybridized carbons (Fsp3) is 0.0500. The van der Waals surface area contributed by atoms with Gasteiger partial charge in [-0.1, -0.05) is 23.7 Å². The maximum Gasteiger partial charge on any atom is 0.367 e. The largest absolute Gasteiger partial charge is 0.367 e. The van der Waals surface area contributed by atoms with E-state index in [9.17, 15) is 4.79 Å². The van der Waals surface area contributed by atoms with Crippen LogP contribution in [0.25, 0.3) is 28.1 Å². The number of hydrogen-bond acceptors (Lipinski definition) is 6. The van der Waals surface area contributed by atoms with E-state index in [0.29, 0.717) is 37.4 Å².